The highest BCUT2D eigenvalue weighted by atomic mass is 15.0. The second-order valence-electron chi connectivity index (χ2n) is 8.86. The molecular formula is C33H25N. The van der Waals surface area contributed by atoms with Crippen molar-refractivity contribution in [3.8, 4) is 27.9 Å². The maximum atomic E-state index is 4.09. The summed E-state index contributed by atoms with van der Waals surface area (Å²) in [5.41, 5.74) is 10.8. The lowest BCUT2D eigenvalue weighted by atomic mass is 9.97. The van der Waals surface area contributed by atoms with Crippen LogP contribution in [0.5, 0.6) is 0 Å². The molecular weight excluding hydrogens is 410 g/mol. The molecule has 1 heterocycles. The maximum absolute atomic E-state index is 4.09. The molecule has 0 aliphatic carbocycles. The lowest BCUT2D eigenvalue weighted by molar-refractivity contribution is 1.18. The normalized spacial score (nSPS) is 11.2. The molecule has 0 bridgehead atoms. The second kappa shape index (κ2) is 8.20. The molecule has 162 valence electrons. The molecule has 0 saturated carbocycles. The largest absolute Gasteiger partial charge is 0.309 e. The minimum Gasteiger partial charge on any atom is -0.309 e. The van der Waals surface area contributed by atoms with Crippen LogP contribution in [0.4, 0.5) is 0 Å². The van der Waals surface area contributed by atoms with Crippen LogP contribution in [0.15, 0.2) is 128 Å². The molecule has 0 radical (unpaired) electrons. The monoisotopic (exact) mass is 435 g/mol. The van der Waals surface area contributed by atoms with Gasteiger partial charge in [-0.15, -0.1) is 0 Å². The van der Waals surface area contributed by atoms with E-state index in [0.29, 0.717) is 0 Å². The summed E-state index contributed by atoms with van der Waals surface area (Å²) in [4.78, 5) is 0. The third-order valence-electron chi connectivity index (χ3n) is 6.59. The van der Waals surface area contributed by atoms with Crippen molar-refractivity contribution in [3.05, 3.63) is 133 Å². The van der Waals surface area contributed by atoms with Gasteiger partial charge in [0.2, 0.25) is 0 Å². The molecule has 1 heteroatoms. The topological polar surface area (TPSA) is 4.93 Å². The van der Waals surface area contributed by atoms with Crippen molar-refractivity contribution in [2.45, 2.75) is 6.92 Å². The first-order chi connectivity index (χ1) is 16.7. The summed E-state index contributed by atoms with van der Waals surface area (Å²) >= 11 is 0. The number of benzene rings is 5. The smallest absolute Gasteiger partial charge is 0.0541 e. The molecule has 0 saturated heterocycles. The molecule has 0 N–H and O–H groups in total. The van der Waals surface area contributed by atoms with Crippen molar-refractivity contribution in [2.75, 3.05) is 0 Å². The minimum absolute atomic E-state index is 1.08. The second-order valence-corrected chi connectivity index (χ2v) is 8.86. The molecule has 5 aromatic carbocycles. The number of para-hydroxylation sites is 2. The number of nitrogens with zero attached hydrogens (tertiary/aromatic N) is 1. The molecule has 34 heavy (non-hydrogen) atoms. The Balaban J connectivity index is 1.41. The SMILES string of the molecule is C=C(C)c1cccc(-c2cccc(-c3ccc(-n4c5ccccc5c5ccccc54)cc3)c2)c1. The summed E-state index contributed by atoms with van der Waals surface area (Å²) < 4.78 is 2.36. The van der Waals surface area contributed by atoms with Crippen LogP contribution in [0.2, 0.25) is 0 Å². The first-order valence-corrected chi connectivity index (χ1v) is 11.6. The van der Waals surface area contributed by atoms with Gasteiger partial charge in [0, 0.05) is 16.5 Å². The van der Waals surface area contributed by atoms with Gasteiger partial charge in [-0.3, -0.25) is 0 Å². The summed E-state index contributed by atoms with van der Waals surface area (Å²) in [6.07, 6.45) is 0. The van der Waals surface area contributed by atoms with Gasteiger partial charge in [-0.05, 0) is 71.1 Å². The molecule has 0 amide bonds. The average molecular weight is 436 g/mol. The molecule has 0 spiro atoms. The Morgan fingerprint density at radius 3 is 1.68 bits per heavy atom. The van der Waals surface area contributed by atoms with Crippen LogP contribution in [-0.2, 0) is 0 Å². The highest BCUT2D eigenvalue weighted by Gasteiger charge is 2.11. The zero-order chi connectivity index (χ0) is 23.1. The Labute approximate surface area is 200 Å². The van der Waals surface area contributed by atoms with E-state index in [1.807, 2.05) is 6.92 Å². The Hall–Kier alpha value is -4.36. The third kappa shape index (κ3) is 3.43. The number of hydrogen-bond acceptors (Lipinski definition) is 0. The molecule has 0 aliphatic heterocycles. The van der Waals surface area contributed by atoms with Crippen molar-refractivity contribution >= 4 is 27.4 Å². The molecule has 6 rings (SSSR count). The van der Waals surface area contributed by atoms with E-state index in [2.05, 4.69) is 132 Å². The maximum Gasteiger partial charge on any atom is 0.0541 e. The Bertz CT molecular complexity index is 1610. The number of allylic oxidation sites excluding steroid dienone is 1. The van der Waals surface area contributed by atoms with Gasteiger partial charge in [-0.1, -0.05) is 97.1 Å². The molecule has 0 unspecified atom stereocenters. The van der Waals surface area contributed by atoms with Gasteiger partial charge in [0.1, 0.15) is 0 Å². The van der Waals surface area contributed by atoms with Crippen LogP contribution in [0.3, 0.4) is 0 Å². The first kappa shape index (κ1) is 20.3. The van der Waals surface area contributed by atoms with Gasteiger partial charge < -0.3 is 4.57 Å². The Morgan fingerprint density at radius 2 is 1.06 bits per heavy atom. The lowest BCUT2D eigenvalue weighted by Crippen LogP contribution is -1.93. The Morgan fingerprint density at radius 1 is 0.529 bits per heavy atom. The van der Waals surface area contributed by atoms with Gasteiger partial charge in [-0.25, -0.2) is 0 Å². The summed E-state index contributed by atoms with van der Waals surface area (Å²) in [6, 6.07) is 43.5. The van der Waals surface area contributed by atoms with E-state index in [9.17, 15) is 0 Å². The predicted octanol–water partition coefficient (Wildman–Crippen LogP) is 9.15. The van der Waals surface area contributed by atoms with Gasteiger partial charge in [-0.2, -0.15) is 0 Å². The predicted molar refractivity (Wildman–Crippen MR) is 146 cm³/mol. The minimum atomic E-state index is 1.08. The molecule has 0 aliphatic rings. The van der Waals surface area contributed by atoms with Crippen molar-refractivity contribution in [1.29, 1.82) is 0 Å². The number of hydrogen-bond donors (Lipinski definition) is 0. The highest BCUT2D eigenvalue weighted by Crippen LogP contribution is 2.33. The molecule has 1 aromatic heterocycles. The fourth-order valence-electron chi connectivity index (χ4n) is 4.85. The van der Waals surface area contributed by atoms with Crippen molar-refractivity contribution in [1.82, 2.24) is 4.57 Å². The Kier molecular flexibility index (Phi) is 4.89. The number of rotatable bonds is 4. The van der Waals surface area contributed by atoms with Crippen molar-refractivity contribution in [2.24, 2.45) is 0 Å². The van der Waals surface area contributed by atoms with Crippen LogP contribution in [0.1, 0.15) is 12.5 Å². The first-order valence-electron chi connectivity index (χ1n) is 11.6. The zero-order valence-corrected chi connectivity index (χ0v) is 19.2. The highest BCUT2D eigenvalue weighted by molar-refractivity contribution is 6.09. The van der Waals surface area contributed by atoms with Crippen molar-refractivity contribution in [3.63, 3.8) is 0 Å². The molecule has 0 fully saturated rings. The van der Waals surface area contributed by atoms with E-state index >= 15 is 0 Å². The summed E-state index contributed by atoms with van der Waals surface area (Å²) in [7, 11) is 0. The van der Waals surface area contributed by atoms with E-state index in [4.69, 9.17) is 0 Å². The van der Waals surface area contributed by atoms with Crippen LogP contribution in [-0.4, -0.2) is 4.57 Å². The molecule has 6 aromatic rings. The van der Waals surface area contributed by atoms with Crippen LogP contribution < -0.4 is 0 Å². The van der Waals surface area contributed by atoms with Crippen molar-refractivity contribution < 1.29 is 0 Å². The quantitative estimate of drug-likeness (QED) is 0.260. The molecule has 1 nitrogen and oxygen atoms in total. The lowest BCUT2D eigenvalue weighted by Gasteiger charge is -2.11. The van der Waals surface area contributed by atoms with E-state index < -0.39 is 0 Å². The van der Waals surface area contributed by atoms with Crippen LogP contribution in [0, 0.1) is 0 Å². The standard InChI is InChI=1S/C33H25N/c1-23(2)25-9-7-11-27(21-25)28-12-8-10-26(22-28)24-17-19-29(20-18-24)34-32-15-5-3-13-30(32)31-14-4-6-16-33(31)34/h3-22H,1H2,2H3. The van der Waals surface area contributed by atoms with Gasteiger partial charge in [0.25, 0.3) is 0 Å². The van der Waals surface area contributed by atoms with E-state index in [1.54, 1.807) is 0 Å². The summed E-state index contributed by atoms with van der Waals surface area (Å²) in [5.74, 6) is 0. The van der Waals surface area contributed by atoms with Crippen LogP contribution >= 0.6 is 0 Å². The molecule has 0 atom stereocenters. The van der Waals surface area contributed by atoms with E-state index in [0.717, 1.165) is 5.57 Å². The van der Waals surface area contributed by atoms with Gasteiger partial charge in [0.05, 0.1) is 11.0 Å². The van der Waals surface area contributed by atoms with E-state index in [1.165, 1.54) is 55.3 Å². The average Bonchev–Trinajstić information content (AvgIpc) is 3.23. The fourth-order valence-corrected chi connectivity index (χ4v) is 4.85. The van der Waals surface area contributed by atoms with Gasteiger partial charge >= 0.3 is 0 Å². The fraction of sp³-hybridized carbons (Fsp3) is 0.0303. The van der Waals surface area contributed by atoms with E-state index in [-0.39, 0.29) is 0 Å². The third-order valence-corrected chi connectivity index (χ3v) is 6.59. The number of aromatic nitrogens is 1. The number of fused-ring (bicyclic) bond motifs is 3. The van der Waals surface area contributed by atoms with Crippen LogP contribution in [0.25, 0.3) is 55.3 Å². The zero-order valence-electron chi connectivity index (χ0n) is 19.2. The summed E-state index contributed by atoms with van der Waals surface area (Å²) in [5, 5.41) is 2.57. The summed E-state index contributed by atoms with van der Waals surface area (Å²) in [6.45, 7) is 6.14. The van der Waals surface area contributed by atoms with Gasteiger partial charge in [0.15, 0.2) is 0 Å².